The van der Waals surface area contributed by atoms with Crippen LogP contribution in [0.25, 0.3) is 0 Å². The highest BCUT2D eigenvalue weighted by atomic mass is 35.5. The lowest BCUT2D eigenvalue weighted by Crippen LogP contribution is -2.34. The topological polar surface area (TPSA) is 12.0 Å². The lowest BCUT2D eigenvalue weighted by atomic mass is 9.77. The Kier molecular flexibility index (Phi) is 4.62. The van der Waals surface area contributed by atoms with Gasteiger partial charge in [0.1, 0.15) is 0 Å². The van der Waals surface area contributed by atoms with Crippen LogP contribution in [0.3, 0.4) is 0 Å². The summed E-state index contributed by atoms with van der Waals surface area (Å²) >= 11 is 6.02. The molecule has 21 heavy (non-hydrogen) atoms. The quantitative estimate of drug-likeness (QED) is 0.861. The Balaban J connectivity index is 1.88. The number of hydrogen-bond acceptors (Lipinski definition) is 1. The van der Waals surface area contributed by atoms with Crippen LogP contribution in [0.1, 0.15) is 41.9 Å². The molecule has 0 bridgehead atoms. The standard InChI is InChI=1S/C19H22ClN/c1-2-14-3-5-15(6-4-14)18-11-12-21-13-19(18)16-7-9-17(20)10-8-16/h3-10,18-19,21H,2,11-13H2,1H3. The number of nitrogens with one attached hydrogen (secondary N) is 1. The molecule has 2 heteroatoms. The molecule has 0 aromatic heterocycles. The Morgan fingerprint density at radius 3 is 2.24 bits per heavy atom. The lowest BCUT2D eigenvalue weighted by Gasteiger charge is -2.33. The highest BCUT2D eigenvalue weighted by Crippen LogP contribution is 2.37. The minimum Gasteiger partial charge on any atom is -0.316 e. The van der Waals surface area contributed by atoms with Gasteiger partial charge in [-0.05, 0) is 54.1 Å². The van der Waals surface area contributed by atoms with Gasteiger partial charge in [0.15, 0.2) is 0 Å². The number of hydrogen-bond donors (Lipinski definition) is 1. The molecule has 3 rings (SSSR count). The van der Waals surface area contributed by atoms with Crippen molar-refractivity contribution in [2.24, 2.45) is 0 Å². The van der Waals surface area contributed by atoms with Gasteiger partial charge in [0, 0.05) is 17.5 Å². The second kappa shape index (κ2) is 6.64. The molecule has 110 valence electrons. The summed E-state index contributed by atoms with van der Waals surface area (Å²) in [5.74, 6) is 1.13. The summed E-state index contributed by atoms with van der Waals surface area (Å²) in [6, 6.07) is 17.5. The van der Waals surface area contributed by atoms with E-state index < -0.39 is 0 Å². The van der Waals surface area contributed by atoms with Gasteiger partial charge in [-0.3, -0.25) is 0 Å². The van der Waals surface area contributed by atoms with E-state index in [1.54, 1.807) is 0 Å². The Morgan fingerprint density at radius 1 is 0.952 bits per heavy atom. The molecule has 1 aliphatic rings. The van der Waals surface area contributed by atoms with Crippen LogP contribution in [0.4, 0.5) is 0 Å². The zero-order valence-corrected chi connectivity index (χ0v) is 13.2. The van der Waals surface area contributed by atoms with Crippen molar-refractivity contribution < 1.29 is 0 Å². The zero-order chi connectivity index (χ0) is 14.7. The molecule has 1 heterocycles. The molecule has 2 aromatic rings. The average Bonchev–Trinajstić information content (AvgIpc) is 2.56. The second-order valence-corrected chi connectivity index (χ2v) is 6.29. The summed E-state index contributed by atoms with van der Waals surface area (Å²) in [5.41, 5.74) is 4.26. The Morgan fingerprint density at radius 2 is 1.57 bits per heavy atom. The molecule has 1 saturated heterocycles. The first-order valence-electron chi connectivity index (χ1n) is 7.83. The Bertz CT molecular complexity index is 574. The third-order valence-electron chi connectivity index (χ3n) is 4.60. The van der Waals surface area contributed by atoms with Gasteiger partial charge in [0.2, 0.25) is 0 Å². The van der Waals surface area contributed by atoms with Gasteiger partial charge in [0.25, 0.3) is 0 Å². The first-order chi connectivity index (χ1) is 10.3. The van der Waals surface area contributed by atoms with Crippen LogP contribution in [-0.2, 0) is 6.42 Å². The predicted molar refractivity (Wildman–Crippen MR) is 90.2 cm³/mol. The highest BCUT2D eigenvalue weighted by Gasteiger charge is 2.27. The number of halogens is 1. The van der Waals surface area contributed by atoms with Crippen molar-refractivity contribution in [3.63, 3.8) is 0 Å². The minimum atomic E-state index is 0.531. The second-order valence-electron chi connectivity index (χ2n) is 5.85. The smallest absolute Gasteiger partial charge is 0.0406 e. The molecule has 2 unspecified atom stereocenters. The van der Waals surface area contributed by atoms with Crippen LogP contribution >= 0.6 is 11.6 Å². The monoisotopic (exact) mass is 299 g/mol. The fourth-order valence-electron chi connectivity index (χ4n) is 3.32. The van der Waals surface area contributed by atoms with Crippen LogP contribution in [0.15, 0.2) is 48.5 Å². The lowest BCUT2D eigenvalue weighted by molar-refractivity contribution is 0.404. The van der Waals surface area contributed by atoms with Crippen molar-refractivity contribution in [2.75, 3.05) is 13.1 Å². The van der Waals surface area contributed by atoms with Gasteiger partial charge in [-0.1, -0.05) is 54.9 Å². The van der Waals surface area contributed by atoms with Crippen LogP contribution in [0.5, 0.6) is 0 Å². The molecule has 0 aliphatic carbocycles. The SMILES string of the molecule is CCc1ccc(C2CCNCC2c2ccc(Cl)cc2)cc1. The van der Waals surface area contributed by atoms with Gasteiger partial charge in [-0.25, -0.2) is 0 Å². The zero-order valence-electron chi connectivity index (χ0n) is 12.5. The Hall–Kier alpha value is -1.31. The van der Waals surface area contributed by atoms with Crippen molar-refractivity contribution in [3.8, 4) is 0 Å². The molecule has 0 spiro atoms. The average molecular weight is 300 g/mol. The van der Waals surface area contributed by atoms with Crippen LogP contribution in [0.2, 0.25) is 5.02 Å². The molecular weight excluding hydrogens is 278 g/mol. The van der Waals surface area contributed by atoms with E-state index in [0.717, 1.165) is 24.5 Å². The summed E-state index contributed by atoms with van der Waals surface area (Å²) in [7, 11) is 0. The van der Waals surface area contributed by atoms with Gasteiger partial charge in [-0.15, -0.1) is 0 Å². The van der Waals surface area contributed by atoms with Crippen molar-refractivity contribution in [1.29, 1.82) is 0 Å². The molecule has 1 aliphatic heterocycles. The molecule has 0 amide bonds. The van der Waals surface area contributed by atoms with Crippen molar-refractivity contribution in [1.82, 2.24) is 5.32 Å². The summed E-state index contributed by atoms with van der Waals surface area (Å²) in [4.78, 5) is 0. The van der Waals surface area contributed by atoms with E-state index in [4.69, 9.17) is 11.6 Å². The first-order valence-corrected chi connectivity index (χ1v) is 8.20. The largest absolute Gasteiger partial charge is 0.316 e. The normalized spacial score (nSPS) is 22.2. The number of piperidine rings is 1. The minimum absolute atomic E-state index is 0.531. The fraction of sp³-hybridized carbons (Fsp3) is 0.368. The van der Waals surface area contributed by atoms with E-state index in [1.807, 2.05) is 12.1 Å². The van der Waals surface area contributed by atoms with Crippen LogP contribution in [0, 0.1) is 0 Å². The van der Waals surface area contributed by atoms with Crippen molar-refractivity contribution in [3.05, 3.63) is 70.2 Å². The third kappa shape index (κ3) is 3.30. The van der Waals surface area contributed by atoms with E-state index in [-0.39, 0.29) is 0 Å². The van der Waals surface area contributed by atoms with Crippen molar-refractivity contribution in [2.45, 2.75) is 31.6 Å². The summed E-state index contributed by atoms with van der Waals surface area (Å²) in [6.07, 6.45) is 2.30. The predicted octanol–water partition coefficient (Wildman–Crippen LogP) is 4.76. The maximum Gasteiger partial charge on any atom is 0.0406 e. The van der Waals surface area contributed by atoms with E-state index in [9.17, 15) is 0 Å². The van der Waals surface area contributed by atoms with E-state index in [2.05, 4.69) is 48.6 Å². The summed E-state index contributed by atoms with van der Waals surface area (Å²) < 4.78 is 0. The van der Waals surface area contributed by atoms with Gasteiger partial charge in [0.05, 0.1) is 0 Å². The van der Waals surface area contributed by atoms with Gasteiger partial charge < -0.3 is 5.32 Å². The molecule has 1 nitrogen and oxygen atoms in total. The maximum atomic E-state index is 6.02. The molecule has 1 N–H and O–H groups in total. The molecule has 0 saturated carbocycles. The number of benzene rings is 2. The van der Waals surface area contributed by atoms with E-state index in [1.165, 1.54) is 23.1 Å². The molecular formula is C19H22ClN. The highest BCUT2D eigenvalue weighted by molar-refractivity contribution is 6.30. The summed E-state index contributed by atoms with van der Waals surface area (Å²) in [6.45, 7) is 4.35. The first kappa shape index (κ1) is 14.6. The van der Waals surface area contributed by atoms with Crippen molar-refractivity contribution >= 4 is 11.6 Å². The summed E-state index contributed by atoms with van der Waals surface area (Å²) in [5, 5.41) is 4.35. The van der Waals surface area contributed by atoms with Crippen LogP contribution in [-0.4, -0.2) is 13.1 Å². The van der Waals surface area contributed by atoms with Crippen LogP contribution < -0.4 is 5.32 Å². The fourth-order valence-corrected chi connectivity index (χ4v) is 3.44. The third-order valence-corrected chi connectivity index (χ3v) is 4.85. The number of rotatable bonds is 3. The molecule has 1 fully saturated rings. The maximum absolute atomic E-state index is 6.02. The van der Waals surface area contributed by atoms with Gasteiger partial charge in [-0.2, -0.15) is 0 Å². The molecule has 2 atom stereocenters. The van der Waals surface area contributed by atoms with E-state index >= 15 is 0 Å². The van der Waals surface area contributed by atoms with Gasteiger partial charge >= 0.3 is 0 Å². The van der Waals surface area contributed by atoms with E-state index in [0.29, 0.717) is 11.8 Å². The Labute approximate surface area is 132 Å². The molecule has 0 radical (unpaired) electrons. The number of aryl methyl sites for hydroxylation is 1. The molecule has 2 aromatic carbocycles.